The molecule has 1 fully saturated rings. The molecule has 2 amide bonds. The SMILES string of the molecule is CC(NC(=O)C(Cc1ccccc1)NC(=O)c1cccs1)C1CCCO1. The van der Waals surface area contributed by atoms with Crippen molar-refractivity contribution in [3.8, 4) is 0 Å². The van der Waals surface area contributed by atoms with Crippen LogP contribution in [0.25, 0.3) is 0 Å². The van der Waals surface area contributed by atoms with Gasteiger partial charge >= 0.3 is 0 Å². The molecular weight excluding hydrogens is 348 g/mol. The van der Waals surface area contributed by atoms with Gasteiger partial charge in [-0.1, -0.05) is 36.4 Å². The molecule has 6 heteroatoms. The Balaban J connectivity index is 1.68. The van der Waals surface area contributed by atoms with Crippen LogP contribution in [0, 0.1) is 0 Å². The van der Waals surface area contributed by atoms with Gasteiger partial charge in [0.2, 0.25) is 5.91 Å². The Bertz CT molecular complexity index is 712. The standard InChI is InChI=1S/C20H24N2O3S/c1-14(17-9-5-11-25-17)21-19(23)16(13-15-7-3-2-4-8-15)22-20(24)18-10-6-12-26-18/h2-4,6-8,10,12,14,16-17H,5,9,11,13H2,1H3,(H,21,23)(H,22,24). The molecule has 0 saturated carbocycles. The highest BCUT2D eigenvalue weighted by molar-refractivity contribution is 7.12. The van der Waals surface area contributed by atoms with E-state index in [2.05, 4.69) is 10.6 Å². The molecule has 1 saturated heterocycles. The molecular formula is C20H24N2O3S. The van der Waals surface area contributed by atoms with Crippen molar-refractivity contribution in [1.82, 2.24) is 10.6 Å². The van der Waals surface area contributed by atoms with Crippen molar-refractivity contribution in [3.63, 3.8) is 0 Å². The summed E-state index contributed by atoms with van der Waals surface area (Å²) >= 11 is 1.36. The summed E-state index contributed by atoms with van der Waals surface area (Å²) in [5, 5.41) is 7.75. The lowest BCUT2D eigenvalue weighted by Crippen LogP contribution is -2.52. The molecule has 0 spiro atoms. The molecule has 2 N–H and O–H groups in total. The summed E-state index contributed by atoms with van der Waals surface area (Å²) in [4.78, 5) is 25.9. The van der Waals surface area contributed by atoms with Crippen molar-refractivity contribution >= 4 is 23.2 Å². The summed E-state index contributed by atoms with van der Waals surface area (Å²) < 4.78 is 5.65. The number of ether oxygens (including phenoxy) is 1. The predicted molar refractivity (Wildman–Crippen MR) is 102 cm³/mol. The molecule has 0 aliphatic carbocycles. The normalized spacial score (nSPS) is 18.9. The largest absolute Gasteiger partial charge is 0.376 e. The van der Waals surface area contributed by atoms with Crippen LogP contribution in [-0.2, 0) is 16.0 Å². The van der Waals surface area contributed by atoms with Gasteiger partial charge in [0.15, 0.2) is 0 Å². The van der Waals surface area contributed by atoms with Gasteiger partial charge < -0.3 is 15.4 Å². The fourth-order valence-corrected chi connectivity index (χ4v) is 3.74. The Morgan fingerprint density at radius 1 is 1.19 bits per heavy atom. The number of carbonyl (C=O) groups excluding carboxylic acids is 2. The number of hydrogen-bond donors (Lipinski definition) is 2. The maximum atomic E-state index is 12.8. The summed E-state index contributed by atoms with van der Waals surface area (Å²) in [7, 11) is 0. The van der Waals surface area contributed by atoms with Gasteiger partial charge in [0, 0.05) is 13.0 Å². The molecule has 1 aliphatic heterocycles. The third kappa shape index (κ3) is 4.93. The van der Waals surface area contributed by atoms with E-state index in [-0.39, 0.29) is 24.0 Å². The Labute approximate surface area is 157 Å². The lowest BCUT2D eigenvalue weighted by atomic mass is 10.0. The minimum Gasteiger partial charge on any atom is -0.376 e. The first kappa shape index (κ1) is 18.6. The van der Waals surface area contributed by atoms with Crippen LogP contribution in [0.5, 0.6) is 0 Å². The fraction of sp³-hybridized carbons (Fsp3) is 0.400. The van der Waals surface area contributed by atoms with Crippen molar-refractivity contribution in [2.45, 2.75) is 44.4 Å². The molecule has 138 valence electrons. The first-order valence-electron chi connectivity index (χ1n) is 8.94. The van der Waals surface area contributed by atoms with Crippen molar-refractivity contribution in [2.75, 3.05) is 6.61 Å². The zero-order valence-corrected chi connectivity index (χ0v) is 15.6. The number of carbonyl (C=O) groups is 2. The fourth-order valence-electron chi connectivity index (χ4n) is 3.11. The van der Waals surface area contributed by atoms with Crippen LogP contribution in [-0.4, -0.2) is 36.6 Å². The first-order valence-corrected chi connectivity index (χ1v) is 9.81. The highest BCUT2D eigenvalue weighted by Gasteiger charge is 2.28. The summed E-state index contributed by atoms with van der Waals surface area (Å²) in [5.74, 6) is -0.400. The predicted octanol–water partition coefficient (Wildman–Crippen LogP) is 2.77. The third-order valence-electron chi connectivity index (χ3n) is 4.54. The molecule has 26 heavy (non-hydrogen) atoms. The lowest BCUT2D eigenvalue weighted by Gasteiger charge is -2.24. The van der Waals surface area contributed by atoms with Gasteiger partial charge in [0.1, 0.15) is 6.04 Å². The Morgan fingerprint density at radius 3 is 2.65 bits per heavy atom. The number of hydrogen-bond acceptors (Lipinski definition) is 4. The maximum absolute atomic E-state index is 12.8. The molecule has 1 aromatic heterocycles. The molecule has 0 bridgehead atoms. The van der Waals surface area contributed by atoms with Gasteiger partial charge in [-0.25, -0.2) is 0 Å². The molecule has 2 heterocycles. The number of nitrogens with one attached hydrogen (secondary N) is 2. The molecule has 1 aromatic carbocycles. The van der Waals surface area contributed by atoms with Crippen LogP contribution in [0.15, 0.2) is 47.8 Å². The molecule has 2 aromatic rings. The van der Waals surface area contributed by atoms with Crippen molar-refractivity contribution in [2.24, 2.45) is 0 Å². The van der Waals surface area contributed by atoms with Crippen LogP contribution in [0.2, 0.25) is 0 Å². The third-order valence-corrected chi connectivity index (χ3v) is 5.41. The number of benzene rings is 1. The monoisotopic (exact) mass is 372 g/mol. The second kappa shape index (κ2) is 8.96. The van der Waals surface area contributed by atoms with Gasteiger partial charge in [0.25, 0.3) is 5.91 Å². The Hall–Kier alpha value is -2.18. The van der Waals surface area contributed by atoms with Crippen LogP contribution in [0.1, 0.15) is 35.0 Å². The van der Waals surface area contributed by atoms with Gasteiger partial charge in [0.05, 0.1) is 17.0 Å². The molecule has 0 radical (unpaired) electrons. The highest BCUT2D eigenvalue weighted by atomic mass is 32.1. The van der Waals surface area contributed by atoms with E-state index in [1.54, 1.807) is 6.07 Å². The van der Waals surface area contributed by atoms with Gasteiger partial charge in [-0.05, 0) is 36.8 Å². The zero-order chi connectivity index (χ0) is 18.4. The van der Waals surface area contributed by atoms with E-state index in [1.807, 2.05) is 48.7 Å². The first-order chi connectivity index (χ1) is 12.6. The molecule has 1 aliphatic rings. The molecule has 3 rings (SSSR count). The van der Waals surface area contributed by atoms with E-state index in [1.165, 1.54) is 11.3 Å². The van der Waals surface area contributed by atoms with Crippen LogP contribution in [0.4, 0.5) is 0 Å². The Morgan fingerprint density at radius 2 is 2.00 bits per heavy atom. The van der Waals surface area contributed by atoms with E-state index < -0.39 is 6.04 Å². The van der Waals surface area contributed by atoms with E-state index in [9.17, 15) is 9.59 Å². The van der Waals surface area contributed by atoms with E-state index >= 15 is 0 Å². The smallest absolute Gasteiger partial charge is 0.262 e. The Kier molecular flexibility index (Phi) is 6.41. The summed E-state index contributed by atoms with van der Waals surface area (Å²) in [5.41, 5.74) is 1.00. The topological polar surface area (TPSA) is 67.4 Å². The number of amides is 2. The zero-order valence-electron chi connectivity index (χ0n) is 14.8. The van der Waals surface area contributed by atoms with E-state index in [0.29, 0.717) is 11.3 Å². The van der Waals surface area contributed by atoms with Crippen LogP contribution >= 0.6 is 11.3 Å². The average molecular weight is 372 g/mol. The van der Waals surface area contributed by atoms with Gasteiger partial charge in [-0.15, -0.1) is 11.3 Å². The summed E-state index contributed by atoms with van der Waals surface area (Å²) in [6.45, 7) is 2.70. The van der Waals surface area contributed by atoms with Gasteiger partial charge in [-0.3, -0.25) is 9.59 Å². The molecule has 3 unspecified atom stereocenters. The van der Waals surface area contributed by atoms with Crippen molar-refractivity contribution < 1.29 is 14.3 Å². The second-order valence-corrected chi connectivity index (χ2v) is 7.49. The average Bonchev–Trinajstić information content (AvgIpc) is 3.35. The van der Waals surface area contributed by atoms with Crippen LogP contribution < -0.4 is 10.6 Å². The second-order valence-electron chi connectivity index (χ2n) is 6.54. The van der Waals surface area contributed by atoms with Crippen molar-refractivity contribution in [1.29, 1.82) is 0 Å². The highest BCUT2D eigenvalue weighted by Crippen LogP contribution is 2.16. The van der Waals surface area contributed by atoms with Crippen molar-refractivity contribution in [3.05, 3.63) is 58.3 Å². The lowest BCUT2D eigenvalue weighted by molar-refractivity contribution is -0.124. The van der Waals surface area contributed by atoms with E-state index in [4.69, 9.17) is 4.74 Å². The summed E-state index contributed by atoms with van der Waals surface area (Å²) in [6, 6.07) is 12.6. The quantitative estimate of drug-likeness (QED) is 0.785. The molecule has 5 nitrogen and oxygen atoms in total. The maximum Gasteiger partial charge on any atom is 0.262 e. The molecule has 3 atom stereocenters. The minimum atomic E-state index is -0.629. The van der Waals surface area contributed by atoms with Gasteiger partial charge in [-0.2, -0.15) is 0 Å². The van der Waals surface area contributed by atoms with E-state index in [0.717, 1.165) is 25.0 Å². The van der Waals surface area contributed by atoms with Crippen LogP contribution in [0.3, 0.4) is 0 Å². The number of thiophene rings is 1. The minimum absolute atomic E-state index is 0.0457. The number of rotatable bonds is 7. The summed E-state index contributed by atoms with van der Waals surface area (Å²) in [6.07, 6.45) is 2.46.